The first-order valence-corrected chi connectivity index (χ1v) is 11.2. The van der Waals surface area contributed by atoms with E-state index in [9.17, 15) is 4.79 Å². The fraction of sp³-hybridized carbons (Fsp3) is 0.320. The summed E-state index contributed by atoms with van der Waals surface area (Å²) in [7, 11) is 0. The molecule has 0 radical (unpaired) electrons. The topological polar surface area (TPSA) is 58.6 Å². The van der Waals surface area contributed by atoms with Crippen molar-refractivity contribution >= 4 is 23.3 Å². The second-order valence-electron chi connectivity index (χ2n) is 8.09. The number of benzene rings is 2. The number of nitrogens with zero attached hydrogens (tertiary/aromatic N) is 4. The molecular formula is C25H27ClN4O2. The van der Waals surface area contributed by atoms with Gasteiger partial charge in [-0.15, -0.1) is 0 Å². The molecule has 0 saturated carbocycles. The Morgan fingerprint density at radius 1 is 1.12 bits per heavy atom. The van der Waals surface area contributed by atoms with Gasteiger partial charge in [0.05, 0.1) is 5.02 Å². The number of aromatic nitrogens is 2. The summed E-state index contributed by atoms with van der Waals surface area (Å²) < 4.78 is 5.91. The van der Waals surface area contributed by atoms with Gasteiger partial charge in [-0.2, -0.15) is 0 Å². The van der Waals surface area contributed by atoms with Crippen molar-refractivity contribution in [3.8, 4) is 11.6 Å². The molecule has 0 bridgehead atoms. The molecule has 3 aromatic rings. The number of halogens is 1. The van der Waals surface area contributed by atoms with Gasteiger partial charge in [0.15, 0.2) is 0 Å². The van der Waals surface area contributed by atoms with Crippen LogP contribution in [0.4, 0.5) is 5.82 Å². The lowest BCUT2D eigenvalue weighted by atomic mass is 10.1. The van der Waals surface area contributed by atoms with E-state index in [1.165, 1.54) is 11.9 Å². The summed E-state index contributed by atoms with van der Waals surface area (Å²) in [4.78, 5) is 25.8. The largest absolute Gasteiger partial charge is 0.437 e. The van der Waals surface area contributed by atoms with Gasteiger partial charge >= 0.3 is 0 Å². The van der Waals surface area contributed by atoms with Crippen molar-refractivity contribution in [1.82, 2.24) is 14.9 Å². The van der Waals surface area contributed by atoms with E-state index in [-0.39, 0.29) is 11.9 Å². The third-order valence-corrected chi connectivity index (χ3v) is 6.06. The Kier molecular flexibility index (Phi) is 6.61. The van der Waals surface area contributed by atoms with Crippen LogP contribution in [0.2, 0.25) is 5.02 Å². The number of carbonyl (C=O) groups is 1. The highest BCUT2D eigenvalue weighted by Gasteiger charge is 2.29. The molecule has 1 fully saturated rings. The van der Waals surface area contributed by atoms with Crippen molar-refractivity contribution in [3.63, 3.8) is 0 Å². The minimum Gasteiger partial charge on any atom is -0.437 e. The summed E-state index contributed by atoms with van der Waals surface area (Å²) in [6, 6.07) is 15.4. The van der Waals surface area contributed by atoms with Crippen LogP contribution < -0.4 is 9.64 Å². The summed E-state index contributed by atoms with van der Waals surface area (Å²) in [6.45, 7) is 8.15. The first kappa shape index (κ1) is 22.1. The van der Waals surface area contributed by atoms with Gasteiger partial charge in [-0.25, -0.2) is 9.97 Å². The number of piperazine rings is 1. The van der Waals surface area contributed by atoms with Crippen LogP contribution in [-0.4, -0.2) is 46.5 Å². The summed E-state index contributed by atoms with van der Waals surface area (Å²) in [5.74, 6) is 1.84. The molecular weight excluding hydrogens is 424 g/mol. The summed E-state index contributed by atoms with van der Waals surface area (Å²) in [5, 5.41) is 0.531. The third kappa shape index (κ3) is 4.86. The van der Waals surface area contributed by atoms with E-state index in [4.69, 9.17) is 16.3 Å². The lowest BCUT2D eigenvalue weighted by Gasteiger charge is -2.40. The molecule has 2 aromatic carbocycles. The molecule has 0 spiro atoms. The van der Waals surface area contributed by atoms with Gasteiger partial charge in [0, 0.05) is 37.3 Å². The predicted molar refractivity (Wildman–Crippen MR) is 127 cm³/mol. The average molecular weight is 451 g/mol. The molecule has 1 aliphatic rings. The number of amides is 1. The Morgan fingerprint density at radius 2 is 1.91 bits per heavy atom. The number of carbonyl (C=O) groups excluding carboxylic acids is 1. The van der Waals surface area contributed by atoms with Crippen LogP contribution in [0.1, 0.15) is 35.3 Å². The third-order valence-electron chi connectivity index (χ3n) is 5.75. The maximum atomic E-state index is 13.0. The number of hydrogen-bond donors (Lipinski definition) is 0. The monoisotopic (exact) mass is 450 g/mol. The van der Waals surface area contributed by atoms with Crippen molar-refractivity contribution in [3.05, 3.63) is 76.6 Å². The van der Waals surface area contributed by atoms with Gasteiger partial charge in [0.2, 0.25) is 5.88 Å². The fourth-order valence-electron chi connectivity index (χ4n) is 3.88. The SMILES string of the molecule is CCc1ccc(C(=O)N2CCN(c3cc(Oc4cc(C)ccc4Cl)ncn3)C[C@@H]2C)cc1. The fourth-order valence-corrected chi connectivity index (χ4v) is 4.03. The Bertz CT molecular complexity index is 1100. The molecule has 32 heavy (non-hydrogen) atoms. The highest BCUT2D eigenvalue weighted by molar-refractivity contribution is 6.32. The van der Waals surface area contributed by atoms with Crippen LogP contribution in [0.5, 0.6) is 11.6 Å². The van der Waals surface area contributed by atoms with Gasteiger partial charge in [-0.3, -0.25) is 4.79 Å². The molecule has 0 unspecified atom stereocenters. The quantitative estimate of drug-likeness (QED) is 0.538. The lowest BCUT2D eigenvalue weighted by molar-refractivity contribution is 0.0673. The number of rotatable bonds is 5. The minimum absolute atomic E-state index is 0.0488. The molecule has 1 aliphatic heterocycles. The first-order valence-electron chi connectivity index (χ1n) is 10.9. The summed E-state index contributed by atoms with van der Waals surface area (Å²) >= 11 is 6.25. The lowest BCUT2D eigenvalue weighted by Crippen LogP contribution is -2.54. The summed E-state index contributed by atoms with van der Waals surface area (Å²) in [6.07, 6.45) is 2.45. The molecule has 1 amide bonds. The molecule has 4 rings (SSSR count). The van der Waals surface area contributed by atoms with Gasteiger partial charge in [-0.1, -0.05) is 36.7 Å². The molecule has 0 N–H and O–H groups in total. The average Bonchev–Trinajstić information content (AvgIpc) is 2.81. The van der Waals surface area contributed by atoms with Gasteiger partial charge in [0.1, 0.15) is 17.9 Å². The molecule has 0 aliphatic carbocycles. The van der Waals surface area contributed by atoms with Crippen LogP contribution in [0.25, 0.3) is 0 Å². The van der Waals surface area contributed by atoms with Crippen molar-refractivity contribution in [2.75, 3.05) is 24.5 Å². The van der Waals surface area contributed by atoms with E-state index in [0.29, 0.717) is 36.3 Å². The molecule has 2 heterocycles. The van der Waals surface area contributed by atoms with Crippen LogP contribution in [0.15, 0.2) is 54.9 Å². The van der Waals surface area contributed by atoms with E-state index < -0.39 is 0 Å². The van der Waals surface area contributed by atoms with E-state index in [2.05, 4.69) is 28.7 Å². The summed E-state index contributed by atoms with van der Waals surface area (Å²) in [5.41, 5.74) is 3.01. The zero-order valence-corrected chi connectivity index (χ0v) is 19.3. The van der Waals surface area contributed by atoms with Gasteiger partial charge in [-0.05, 0) is 55.7 Å². The van der Waals surface area contributed by atoms with E-state index >= 15 is 0 Å². The van der Waals surface area contributed by atoms with Crippen LogP contribution in [0, 0.1) is 6.92 Å². The zero-order valence-electron chi connectivity index (χ0n) is 18.6. The van der Waals surface area contributed by atoms with Crippen LogP contribution >= 0.6 is 11.6 Å². The highest BCUT2D eigenvalue weighted by Crippen LogP contribution is 2.30. The number of hydrogen-bond acceptors (Lipinski definition) is 5. The minimum atomic E-state index is 0.0488. The van der Waals surface area contributed by atoms with Crippen LogP contribution in [-0.2, 0) is 6.42 Å². The molecule has 6 nitrogen and oxygen atoms in total. The van der Waals surface area contributed by atoms with E-state index in [1.807, 2.05) is 60.4 Å². The van der Waals surface area contributed by atoms with Crippen molar-refractivity contribution in [2.45, 2.75) is 33.2 Å². The number of anilines is 1. The Morgan fingerprint density at radius 3 is 2.62 bits per heavy atom. The highest BCUT2D eigenvalue weighted by atomic mass is 35.5. The maximum absolute atomic E-state index is 13.0. The van der Waals surface area contributed by atoms with Crippen molar-refractivity contribution in [2.24, 2.45) is 0 Å². The second-order valence-corrected chi connectivity index (χ2v) is 8.50. The van der Waals surface area contributed by atoms with Crippen molar-refractivity contribution < 1.29 is 9.53 Å². The molecule has 1 saturated heterocycles. The maximum Gasteiger partial charge on any atom is 0.254 e. The number of aryl methyl sites for hydroxylation is 2. The van der Waals surface area contributed by atoms with Gasteiger partial charge in [0.25, 0.3) is 5.91 Å². The Labute approximate surface area is 193 Å². The second kappa shape index (κ2) is 9.57. The Hall–Kier alpha value is -3.12. The molecule has 166 valence electrons. The zero-order chi connectivity index (χ0) is 22.7. The normalized spacial score (nSPS) is 16.2. The first-order chi connectivity index (χ1) is 15.4. The van der Waals surface area contributed by atoms with E-state index in [0.717, 1.165) is 23.4 Å². The smallest absolute Gasteiger partial charge is 0.254 e. The molecule has 7 heteroatoms. The molecule has 1 aromatic heterocycles. The van der Waals surface area contributed by atoms with Crippen molar-refractivity contribution in [1.29, 1.82) is 0 Å². The predicted octanol–water partition coefficient (Wildman–Crippen LogP) is 5.14. The number of ether oxygens (including phenoxy) is 1. The molecule has 1 atom stereocenters. The van der Waals surface area contributed by atoms with E-state index in [1.54, 1.807) is 0 Å². The van der Waals surface area contributed by atoms with Crippen LogP contribution in [0.3, 0.4) is 0 Å². The standard InChI is InChI=1S/C25H27ClN4O2/c1-4-19-6-8-20(9-7-19)25(31)30-12-11-29(15-18(30)3)23-14-24(28-16-27-23)32-22-13-17(2)5-10-21(22)26/h5-10,13-14,16,18H,4,11-12,15H2,1-3H3/t18-/m0/s1. The van der Waals surface area contributed by atoms with Gasteiger partial charge < -0.3 is 14.5 Å². The Balaban J connectivity index is 1.44.